The SMILES string of the molecule is C=CCN1C(=O)CS/C1=N\N(C)C(=S)NC. The maximum atomic E-state index is 11.5. The van der Waals surface area contributed by atoms with Gasteiger partial charge < -0.3 is 5.32 Å². The first-order chi connectivity index (χ1) is 7.60. The van der Waals surface area contributed by atoms with Gasteiger partial charge in [-0.1, -0.05) is 17.8 Å². The van der Waals surface area contributed by atoms with E-state index in [1.54, 1.807) is 25.1 Å². The topological polar surface area (TPSA) is 47.9 Å². The first-order valence-corrected chi connectivity index (χ1v) is 6.07. The molecule has 0 bridgehead atoms. The van der Waals surface area contributed by atoms with Gasteiger partial charge in [0.25, 0.3) is 0 Å². The van der Waals surface area contributed by atoms with Crippen LogP contribution in [0.2, 0.25) is 0 Å². The van der Waals surface area contributed by atoms with Crippen molar-refractivity contribution in [3.63, 3.8) is 0 Å². The lowest BCUT2D eigenvalue weighted by Crippen LogP contribution is -2.35. The van der Waals surface area contributed by atoms with E-state index in [-0.39, 0.29) is 5.91 Å². The smallest absolute Gasteiger partial charge is 0.239 e. The molecule has 0 aromatic heterocycles. The van der Waals surface area contributed by atoms with Crippen LogP contribution in [-0.2, 0) is 4.79 Å². The molecule has 1 amide bonds. The number of rotatable bonds is 3. The fourth-order valence-electron chi connectivity index (χ4n) is 1.12. The molecule has 0 aromatic rings. The summed E-state index contributed by atoms with van der Waals surface area (Å²) in [5.74, 6) is 0.472. The second kappa shape index (κ2) is 5.86. The molecule has 5 nitrogen and oxygen atoms in total. The lowest BCUT2D eigenvalue weighted by Gasteiger charge is -2.18. The summed E-state index contributed by atoms with van der Waals surface area (Å²) >= 11 is 6.42. The van der Waals surface area contributed by atoms with Crippen LogP contribution in [0, 0.1) is 0 Å². The Morgan fingerprint density at radius 1 is 1.88 bits per heavy atom. The van der Waals surface area contributed by atoms with Gasteiger partial charge in [0.15, 0.2) is 10.3 Å². The van der Waals surface area contributed by atoms with Crippen LogP contribution in [0.15, 0.2) is 17.8 Å². The number of hydrogen-bond donors (Lipinski definition) is 1. The fraction of sp³-hybridized carbons (Fsp3) is 0.444. The van der Waals surface area contributed by atoms with Gasteiger partial charge in [0.1, 0.15) is 0 Å². The summed E-state index contributed by atoms with van der Waals surface area (Å²) in [6.45, 7) is 4.09. The molecule has 0 spiro atoms. The monoisotopic (exact) mass is 258 g/mol. The van der Waals surface area contributed by atoms with Crippen molar-refractivity contribution < 1.29 is 4.79 Å². The second-order valence-corrected chi connectivity index (χ2v) is 4.37. The molecule has 0 saturated carbocycles. The Morgan fingerprint density at radius 3 is 3.12 bits per heavy atom. The van der Waals surface area contributed by atoms with Crippen LogP contribution >= 0.6 is 24.0 Å². The quantitative estimate of drug-likeness (QED) is 0.452. The summed E-state index contributed by atoms with van der Waals surface area (Å²) in [5.41, 5.74) is 0. The number of hydrazone groups is 1. The maximum absolute atomic E-state index is 11.5. The molecule has 1 aliphatic rings. The Bertz CT molecular complexity index is 342. The number of thiocarbonyl (C=S) groups is 1. The molecule has 1 saturated heterocycles. The molecule has 0 radical (unpaired) electrons. The van der Waals surface area contributed by atoms with Gasteiger partial charge in [0.05, 0.1) is 5.75 Å². The van der Waals surface area contributed by atoms with Crippen molar-refractivity contribution in [2.45, 2.75) is 0 Å². The number of nitrogens with zero attached hydrogens (tertiary/aromatic N) is 3. The molecule has 0 atom stereocenters. The van der Waals surface area contributed by atoms with Gasteiger partial charge in [-0.2, -0.15) is 0 Å². The van der Waals surface area contributed by atoms with Crippen LogP contribution < -0.4 is 5.32 Å². The zero-order valence-electron chi connectivity index (χ0n) is 9.27. The summed E-state index contributed by atoms with van der Waals surface area (Å²) in [4.78, 5) is 13.1. The third-order valence-electron chi connectivity index (χ3n) is 1.91. The number of carbonyl (C=O) groups excluding carboxylic acids is 1. The number of amides is 1. The van der Waals surface area contributed by atoms with Gasteiger partial charge in [0, 0.05) is 20.6 Å². The van der Waals surface area contributed by atoms with E-state index < -0.39 is 0 Å². The maximum Gasteiger partial charge on any atom is 0.239 e. The summed E-state index contributed by atoms with van der Waals surface area (Å²) < 4.78 is 0. The Morgan fingerprint density at radius 2 is 2.56 bits per heavy atom. The summed E-state index contributed by atoms with van der Waals surface area (Å²) in [7, 11) is 3.47. The number of carbonyl (C=O) groups is 1. The Balaban J connectivity index is 2.78. The molecule has 1 fully saturated rings. The van der Waals surface area contributed by atoms with Crippen molar-refractivity contribution in [2.24, 2.45) is 5.10 Å². The van der Waals surface area contributed by atoms with Crippen molar-refractivity contribution in [2.75, 3.05) is 26.4 Å². The molecular weight excluding hydrogens is 244 g/mol. The summed E-state index contributed by atoms with van der Waals surface area (Å²) in [6.07, 6.45) is 1.68. The van der Waals surface area contributed by atoms with E-state index >= 15 is 0 Å². The van der Waals surface area contributed by atoms with Crippen molar-refractivity contribution >= 4 is 40.2 Å². The van der Waals surface area contributed by atoms with Crippen molar-refractivity contribution in [3.8, 4) is 0 Å². The molecule has 0 aliphatic carbocycles. The van der Waals surface area contributed by atoms with E-state index in [9.17, 15) is 4.79 Å². The van der Waals surface area contributed by atoms with Crippen molar-refractivity contribution in [3.05, 3.63) is 12.7 Å². The van der Waals surface area contributed by atoms with Gasteiger partial charge in [-0.25, -0.2) is 5.01 Å². The lowest BCUT2D eigenvalue weighted by molar-refractivity contribution is -0.123. The molecule has 1 N–H and O–H groups in total. The number of thioether (sulfide) groups is 1. The summed E-state index contributed by atoms with van der Waals surface area (Å²) in [6, 6.07) is 0. The van der Waals surface area contributed by atoms with E-state index in [0.717, 1.165) is 0 Å². The van der Waals surface area contributed by atoms with Gasteiger partial charge in [0.2, 0.25) is 5.91 Å². The fourth-order valence-corrected chi connectivity index (χ4v) is 2.08. The Kier molecular flexibility index (Phi) is 4.75. The highest BCUT2D eigenvalue weighted by Gasteiger charge is 2.27. The van der Waals surface area contributed by atoms with Crippen LogP contribution in [0.25, 0.3) is 0 Å². The normalized spacial score (nSPS) is 17.8. The summed E-state index contributed by atoms with van der Waals surface area (Å²) in [5, 5.41) is 9.77. The minimum atomic E-state index is 0.0485. The molecule has 1 heterocycles. The van der Waals surface area contributed by atoms with E-state index in [1.807, 2.05) is 0 Å². The standard InChI is InChI=1S/C9H14N4OS2/c1-4-5-13-7(14)6-16-9(13)11-12(3)8(15)10-2/h4H,1,5-6H2,2-3H3,(H,10,15)/b11-9-. The van der Waals surface area contributed by atoms with E-state index in [2.05, 4.69) is 17.0 Å². The average molecular weight is 258 g/mol. The van der Waals surface area contributed by atoms with E-state index in [0.29, 0.717) is 22.6 Å². The first-order valence-electron chi connectivity index (χ1n) is 4.68. The van der Waals surface area contributed by atoms with E-state index in [4.69, 9.17) is 12.2 Å². The zero-order valence-corrected chi connectivity index (χ0v) is 10.9. The van der Waals surface area contributed by atoms with Crippen molar-refractivity contribution in [1.29, 1.82) is 0 Å². The molecule has 0 unspecified atom stereocenters. The van der Waals surface area contributed by atoms with Crippen LogP contribution in [0.1, 0.15) is 0 Å². The largest absolute Gasteiger partial charge is 0.364 e. The highest BCUT2D eigenvalue weighted by molar-refractivity contribution is 8.15. The van der Waals surface area contributed by atoms with Gasteiger partial charge >= 0.3 is 0 Å². The van der Waals surface area contributed by atoms with Crippen LogP contribution in [0.5, 0.6) is 0 Å². The van der Waals surface area contributed by atoms with Gasteiger partial charge in [-0.05, 0) is 12.2 Å². The lowest BCUT2D eigenvalue weighted by atomic mass is 10.5. The minimum Gasteiger partial charge on any atom is -0.364 e. The van der Waals surface area contributed by atoms with Crippen LogP contribution in [0.3, 0.4) is 0 Å². The van der Waals surface area contributed by atoms with Crippen molar-refractivity contribution in [1.82, 2.24) is 15.2 Å². The highest BCUT2D eigenvalue weighted by Crippen LogP contribution is 2.19. The minimum absolute atomic E-state index is 0.0485. The molecule has 7 heteroatoms. The third-order valence-corrected chi connectivity index (χ3v) is 3.33. The average Bonchev–Trinajstić information content (AvgIpc) is 2.61. The predicted molar refractivity (Wildman–Crippen MR) is 71.2 cm³/mol. The molecular formula is C9H14N4OS2. The van der Waals surface area contributed by atoms with Crippen LogP contribution in [0.4, 0.5) is 0 Å². The van der Waals surface area contributed by atoms with Gasteiger partial charge in [-0.15, -0.1) is 11.7 Å². The number of nitrogens with one attached hydrogen (secondary N) is 1. The van der Waals surface area contributed by atoms with Crippen LogP contribution in [-0.4, -0.2) is 52.5 Å². The number of amidine groups is 1. The third kappa shape index (κ3) is 2.96. The molecule has 0 aromatic carbocycles. The zero-order chi connectivity index (χ0) is 12.1. The Hall–Kier alpha value is -1.08. The first kappa shape index (κ1) is 13.0. The van der Waals surface area contributed by atoms with Gasteiger partial charge in [-0.3, -0.25) is 9.69 Å². The number of hydrogen-bond acceptors (Lipinski definition) is 4. The molecule has 16 heavy (non-hydrogen) atoms. The molecule has 1 rings (SSSR count). The second-order valence-electron chi connectivity index (χ2n) is 3.04. The highest BCUT2D eigenvalue weighted by atomic mass is 32.2. The molecule has 1 aliphatic heterocycles. The molecule has 88 valence electrons. The van der Waals surface area contributed by atoms with E-state index in [1.165, 1.54) is 16.8 Å². The predicted octanol–water partition coefficient (Wildman–Crippen LogP) is 0.455. The Labute approximate surface area is 105 Å².